The summed E-state index contributed by atoms with van der Waals surface area (Å²) in [6, 6.07) is 0. The van der Waals surface area contributed by atoms with Crippen LogP contribution in [0.25, 0.3) is 0 Å². The molecule has 1 saturated heterocycles. The Morgan fingerprint density at radius 1 is 1.12 bits per heavy atom. The molecule has 1 aliphatic heterocycles. The Hall–Kier alpha value is -0.0800. The van der Waals surface area contributed by atoms with E-state index in [9.17, 15) is 0 Å². The minimum Gasteiger partial charge on any atom is -0.379 e. The van der Waals surface area contributed by atoms with Crippen LogP contribution in [0.5, 0.6) is 0 Å². The van der Waals surface area contributed by atoms with Crippen LogP contribution in [0.2, 0.25) is 0 Å². The van der Waals surface area contributed by atoms with Crippen molar-refractivity contribution in [2.75, 3.05) is 26.4 Å². The van der Waals surface area contributed by atoms with Crippen molar-refractivity contribution < 1.29 is 9.47 Å². The highest BCUT2D eigenvalue weighted by Crippen LogP contribution is 1.99. The molecule has 2 nitrogen and oxygen atoms in total. The second-order valence-corrected chi connectivity index (χ2v) is 1.91. The summed E-state index contributed by atoms with van der Waals surface area (Å²) in [5, 5.41) is 0. The van der Waals surface area contributed by atoms with Crippen LogP contribution in [0.1, 0.15) is 0 Å². The third kappa shape index (κ3) is 1.80. The summed E-state index contributed by atoms with van der Waals surface area (Å²) in [5.41, 5.74) is 0. The Balaban J connectivity index is 2.17. The summed E-state index contributed by atoms with van der Waals surface area (Å²) < 4.78 is 10.1. The van der Waals surface area contributed by atoms with Crippen LogP contribution < -0.4 is 0 Å². The average molecular weight is 114 g/mol. The van der Waals surface area contributed by atoms with Gasteiger partial charge < -0.3 is 9.47 Å². The van der Waals surface area contributed by atoms with Crippen molar-refractivity contribution in [3.63, 3.8) is 0 Å². The smallest absolute Gasteiger partial charge is 0.0700 e. The molecule has 0 aromatic rings. The monoisotopic (exact) mass is 114 g/mol. The van der Waals surface area contributed by atoms with E-state index in [-0.39, 0.29) is 5.92 Å². The van der Waals surface area contributed by atoms with E-state index in [4.69, 9.17) is 16.4 Å². The van der Waals surface area contributed by atoms with Gasteiger partial charge in [-0.25, -0.2) is 0 Å². The van der Waals surface area contributed by atoms with E-state index in [0.717, 1.165) is 0 Å². The minimum atomic E-state index is 0.0810. The molecule has 0 saturated carbocycles. The van der Waals surface area contributed by atoms with Gasteiger partial charge >= 0.3 is 0 Å². The van der Waals surface area contributed by atoms with E-state index < -0.39 is 0 Å². The molecule has 0 bridgehead atoms. The van der Waals surface area contributed by atoms with E-state index in [1.165, 1.54) is 0 Å². The lowest BCUT2D eigenvalue weighted by molar-refractivity contribution is 0.103. The Morgan fingerprint density at radius 3 is 2.12 bits per heavy atom. The first kappa shape index (κ1) is 6.05. The standard InChI is InChI=1S/C6H10O2/c1-6-4-7-2-3-8-5-6/h1,6H,2-5H2. The van der Waals surface area contributed by atoms with Gasteiger partial charge in [0.15, 0.2) is 0 Å². The number of rotatable bonds is 0. The third-order valence-corrected chi connectivity index (χ3v) is 1.04. The Labute approximate surface area is 49.8 Å². The molecule has 8 heavy (non-hydrogen) atoms. The third-order valence-electron chi connectivity index (χ3n) is 1.04. The molecular formula is C6H10O2. The van der Waals surface area contributed by atoms with Crippen LogP contribution in [0.15, 0.2) is 0 Å². The first-order valence-electron chi connectivity index (χ1n) is 2.80. The van der Waals surface area contributed by atoms with Gasteiger partial charge in [0.1, 0.15) is 0 Å². The molecule has 0 unspecified atom stereocenters. The van der Waals surface area contributed by atoms with Gasteiger partial charge in [0.25, 0.3) is 0 Å². The predicted molar refractivity (Wildman–Crippen MR) is 29.4 cm³/mol. The quantitative estimate of drug-likeness (QED) is 0.452. The molecule has 1 rings (SSSR count). The predicted octanol–water partition coefficient (Wildman–Crippen LogP) is 0.360. The second kappa shape index (κ2) is 3.05. The maximum atomic E-state index is 5.48. The van der Waals surface area contributed by atoms with Crippen LogP contribution >= 0.6 is 0 Å². The molecule has 1 fully saturated rings. The molecule has 2 radical (unpaired) electrons. The molecule has 1 heterocycles. The van der Waals surface area contributed by atoms with Gasteiger partial charge in [-0.1, -0.05) is 0 Å². The van der Waals surface area contributed by atoms with Crippen LogP contribution in [0, 0.1) is 12.8 Å². The summed E-state index contributed by atoms with van der Waals surface area (Å²) >= 11 is 0. The van der Waals surface area contributed by atoms with Gasteiger partial charge in [0.2, 0.25) is 0 Å². The first-order valence-corrected chi connectivity index (χ1v) is 2.80. The average Bonchev–Trinajstić information content (AvgIpc) is 1.94. The first-order chi connectivity index (χ1) is 3.89. The Kier molecular flexibility index (Phi) is 2.30. The molecule has 0 spiro atoms. The molecule has 0 aliphatic carbocycles. The van der Waals surface area contributed by atoms with Gasteiger partial charge in [0, 0.05) is 5.92 Å². The summed E-state index contributed by atoms with van der Waals surface area (Å²) in [6.07, 6.45) is 0. The van der Waals surface area contributed by atoms with Gasteiger partial charge in [-0.15, -0.1) is 0 Å². The molecule has 0 atom stereocenters. The molecule has 1 aliphatic rings. The van der Waals surface area contributed by atoms with Crippen molar-refractivity contribution in [2.45, 2.75) is 0 Å². The zero-order valence-corrected chi connectivity index (χ0v) is 4.80. The summed E-state index contributed by atoms with van der Waals surface area (Å²) in [6.45, 7) is 8.14. The minimum absolute atomic E-state index is 0.0810. The van der Waals surface area contributed by atoms with Crippen LogP contribution in [0.4, 0.5) is 0 Å². The fourth-order valence-corrected chi connectivity index (χ4v) is 0.635. The van der Waals surface area contributed by atoms with E-state index in [1.54, 1.807) is 0 Å². The Bertz CT molecular complexity index is 55.5. The SMILES string of the molecule is [CH]C1COCCOC1. The second-order valence-electron chi connectivity index (χ2n) is 1.91. The topological polar surface area (TPSA) is 18.5 Å². The largest absolute Gasteiger partial charge is 0.379 e. The van der Waals surface area contributed by atoms with E-state index in [1.807, 2.05) is 0 Å². The molecule has 0 aromatic heterocycles. The van der Waals surface area contributed by atoms with Crippen LogP contribution in [-0.4, -0.2) is 26.4 Å². The van der Waals surface area contributed by atoms with Crippen molar-refractivity contribution in [2.24, 2.45) is 5.92 Å². The van der Waals surface area contributed by atoms with Gasteiger partial charge in [-0.05, 0) is 6.92 Å². The number of ether oxygens (including phenoxy) is 2. The number of hydrogen-bond donors (Lipinski definition) is 0. The van der Waals surface area contributed by atoms with Crippen LogP contribution in [-0.2, 0) is 9.47 Å². The highest BCUT2D eigenvalue weighted by molar-refractivity contribution is 4.60. The molecule has 0 amide bonds. The lowest BCUT2D eigenvalue weighted by Crippen LogP contribution is -2.06. The highest BCUT2D eigenvalue weighted by atomic mass is 16.5. The maximum Gasteiger partial charge on any atom is 0.0700 e. The summed E-state index contributed by atoms with van der Waals surface area (Å²) in [4.78, 5) is 0. The van der Waals surface area contributed by atoms with Gasteiger partial charge in [-0.3, -0.25) is 0 Å². The van der Waals surface area contributed by atoms with E-state index in [0.29, 0.717) is 26.4 Å². The van der Waals surface area contributed by atoms with Gasteiger partial charge in [-0.2, -0.15) is 0 Å². The fourth-order valence-electron chi connectivity index (χ4n) is 0.635. The van der Waals surface area contributed by atoms with Crippen molar-refractivity contribution >= 4 is 0 Å². The van der Waals surface area contributed by atoms with E-state index in [2.05, 4.69) is 0 Å². The van der Waals surface area contributed by atoms with Crippen molar-refractivity contribution in [3.8, 4) is 0 Å². The lowest BCUT2D eigenvalue weighted by Gasteiger charge is -2.02. The van der Waals surface area contributed by atoms with Crippen molar-refractivity contribution in [1.29, 1.82) is 0 Å². The molecular weight excluding hydrogens is 104 g/mol. The summed E-state index contributed by atoms with van der Waals surface area (Å²) in [7, 11) is 0. The zero-order chi connectivity index (χ0) is 5.82. The molecule has 0 aromatic carbocycles. The number of hydrogen-bond acceptors (Lipinski definition) is 2. The highest BCUT2D eigenvalue weighted by Gasteiger charge is 2.05. The lowest BCUT2D eigenvalue weighted by atomic mass is 10.2. The molecule has 46 valence electrons. The summed E-state index contributed by atoms with van der Waals surface area (Å²) in [5.74, 6) is 0.0810. The fraction of sp³-hybridized carbons (Fsp3) is 0.833. The van der Waals surface area contributed by atoms with E-state index >= 15 is 0 Å². The van der Waals surface area contributed by atoms with Crippen molar-refractivity contribution in [1.82, 2.24) is 0 Å². The molecule has 0 N–H and O–H groups in total. The molecule has 2 heteroatoms. The van der Waals surface area contributed by atoms with Crippen molar-refractivity contribution in [3.05, 3.63) is 6.92 Å². The normalized spacial score (nSPS) is 25.1. The van der Waals surface area contributed by atoms with Crippen LogP contribution in [0.3, 0.4) is 0 Å². The Morgan fingerprint density at radius 2 is 1.62 bits per heavy atom. The maximum absolute atomic E-state index is 5.48. The zero-order valence-electron chi connectivity index (χ0n) is 4.80. The van der Waals surface area contributed by atoms with Gasteiger partial charge in [0.05, 0.1) is 26.4 Å².